The Balaban J connectivity index is 1.34. The van der Waals surface area contributed by atoms with Crippen LogP contribution in [-0.2, 0) is 11.2 Å². The van der Waals surface area contributed by atoms with Crippen molar-refractivity contribution in [1.29, 1.82) is 0 Å². The number of esters is 1. The number of fused-ring (bicyclic) bond motifs is 2. The van der Waals surface area contributed by atoms with Crippen LogP contribution in [0.15, 0.2) is 84.9 Å². The summed E-state index contributed by atoms with van der Waals surface area (Å²) in [5.74, 6) is -0.273. The molecule has 2 fully saturated rings. The fourth-order valence-electron chi connectivity index (χ4n) is 5.98. The highest BCUT2D eigenvalue weighted by atomic mass is 16.6. The minimum Gasteiger partial charge on any atom is -0.456 e. The maximum atomic E-state index is 12.6. The fourth-order valence-corrected chi connectivity index (χ4v) is 5.98. The molecule has 3 aromatic carbocycles. The van der Waals surface area contributed by atoms with E-state index in [9.17, 15) is 4.79 Å². The van der Waals surface area contributed by atoms with Gasteiger partial charge in [-0.15, -0.1) is 0 Å². The third-order valence-electron chi connectivity index (χ3n) is 7.54. The summed E-state index contributed by atoms with van der Waals surface area (Å²) >= 11 is 0. The van der Waals surface area contributed by atoms with Gasteiger partial charge in [0.25, 0.3) is 0 Å². The number of benzene rings is 3. The van der Waals surface area contributed by atoms with E-state index in [4.69, 9.17) is 4.74 Å². The topological polar surface area (TPSA) is 32.8 Å². The van der Waals surface area contributed by atoms with Gasteiger partial charge in [-0.05, 0) is 94.8 Å². The molecule has 2 atom stereocenters. The van der Waals surface area contributed by atoms with Crippen molar-refractivity contribution < 1.29 is 9.53 Å². The minimum atomic E-state index is -0.500. The molecule has 0 saturated carbocycles. The van der Waals surface area contributed by atoms with E-state index in [2.05, 4.69) is 82.6 Å². The molecule has 4 nitrogen and oxygen atoms in total. The molecule has 2 heterocycles. The van der Waals surface area contributed by atoms with Gasteiger partial charge in [-0.2, -0.15) is 0 Å². The fraction of sp³-hybridized carbons (Fsp3) is 0.406. The maximum Gasteiger partial charge on any atom is 0.338 e. The molecule has 2 aliphatic heterocycles. The van der Waals surface area contributed by atoms with Gasteiger partial charge >= 0.3 is 5.97 Å². The molecular weight excluding hydrogens is 444 g/mol. The molecule has 2 unspecified atom stereocenters. The van der Waals surface area contributed by atoms with Gasteiger partial charge in [0, 0.05) is 36.0 Å². The van der Waals surface area contributed by atoms with Crippen molar-refractivity contribution in [2.24, 2.45) is 0 Å². The second kappa shape index (κ2) is 10.5. The largest absolute Gasteiger partial charge is 0.456 e. The second-order valence-corrected chi connectivity index (χ2v) is 11.2. The maximum absolute atomic E-state index is 12.6. The Hall–Kier alpha value is -3.11. The van der Waals surface area contributed by atoms with Gasteiger partial charge < -0.3 is 9.64 Å². The number of carbonyl (C=O) groups excluding carboxylic acids is 1. The van der Waals surface area contributed by atoms with Crippen LogP contribution in [-0.4, -0.2) is 41.1 Å². The Kier molecular flexibility index (Phi) is 7.15. The highest BCUT2D eigenvalue weighted by Crippen LogP contribution is 2.41. The molecule has 0 radical (unpaired) electrons. The van der Waals surface area contributed by atoms with E-state index in [1.54, 1.807) is 0 Å². The molecule has 0 spiro atoms. The lowest BCUT2D eigenvalue weighted by Crippen LogP contribution is -2.50. The lowest BCUT2D eigenvalue weighted by Gasteiger charge is -2.44. The van der Waals surface area contributed by atoms with Crippen molar-refractivity contribution >= 4 is 17.3 Å². The number of hydrogen-bond acceptors (Lipinski definition) is 4. The molecule has 0 aromatic heterocycles. The van der Waals surface area contributed by atoms with Crippen LogP contribution in [0.2, 0.25) is 0 Å². The number of hydrogen-bond donors (Lipinski definition) is 0. The van der Waals surface area contributed by atoms with Crippen LogP contribution in [0, 0.1) is 0 Å². The first kappa shape index (κ1) is 24.6. The quantitative estimate of drug-likeness (QED) is 0.339. The van der Waals surface area contributed by atoms with E-state index >= 15 is 0 Å². The van der Waals surface area contributed by atoms with Gasteiger partial charge in [0.05, 0.1) is 5.56 Å². The molecule has 2 aliphatic rings. The summed E-state index contributed by atoms with van der Waals surface area (Å²) < 4.78 is 5.57. The van der Waals surface area contributed by atoms with Crippen LogP contribution in [0.1, 0.15) is 62.4 Å². The number of piperidine rings is 1. The average Bonchev–Trinajstić information content (AvgIpc) is 3.11. The van der Waals surface area contributed by atoms with E-state index < -0.39 is 5.60 Å². The van der Waals surface area contributed by atoms with Crippen molar-refractivity contribution in [3.8, 4) is 0 Å². The standard InChI is InChI=1S/C32H38N2O2/c1-32(2,3)36-31(35)25-14-16-27(17-15-25)34(26-12-8-5-9-13-26)30-22-28-18-19-29(23-30)33(28)21-20-24-10-6-4-7-11-24/h4-17,28-30H,18-23H2,1-3H3. The average molecular weight is 483 g/mol. The van der Waals surface area contributed by atoms with Gasteiger partial charge in [0.2, 0.25) is 0 Å². The molecule has 36 heavy (non-hydrogen) atoms. The van der Waals surface area contributed by atoms with Crippen LogP contribution in [0.4, 0.5) is 11.4 Å². The first-order valence-electron chi connectivity index (χ1n) is 13.3. The van der Waals surface area contributed by atoms with Crippen LogP contribution in [0.5, 0.6) is 0 Å². The molecule has 2 saturated heterocycles. The highest BCUT2D eigenvalue weighted by Gasteiger charge is 2.42. The van der Waals surface area contributed by atoms with E-state index in [1.807, 2.05) is 32.9 Å². The van der Waals surface area contributed by atoms with E-state index in [0.717, 1.165) is 31.5 Å². The van der Waals surface area contributed by atoms with Crippen LogP contribution >= 0.6 is 0 Å². The first-order valence-corrected chi connectivity index (χ1v) is 13.3. The molecule has 3 aromatic rings. The Morgan fingerprint density at radius 2 is 1.39 bits per heavy atom. The SMILES string of the molecule is CC(C)(C)OC(=O)c1ccc(N(c2ccccc2)C2CC3CCC(C2)N3CCc2ccccc2)cc1. The zero-order valence-corrected chi connectivity index (χ0v) is 21.8. The Morgan fingerprint density at radius 3 is 1.97 bits per heavy atom. The third-order valence-corrected chi connectivity index (χ3v) is 7.54. The molecule has 0 amide bonds. The van der Waals surface area contributed by atoms with Crippen molar-refractivity contribution in [1.82, 2.24) is 4.90 Å². The molecule has 188 valence electrons. The lowest BCUT2D eigenvalue weighted by molar-refractivity contribution is 0.00695. The first-order chi connectivity index (χ1) is 17.4. The minimum absolute atomic E-state index is 0.273. The molecule has 5 rings (SSSR count). The van der Waals surface area contributed by atoms with Crippen molar-refractivity contribution in [2.45, 2.75) is 76.6 Å². The van der Waals surface area contributed by atoms with E-state index in [1.165, 1.54) is 24.1 Å². The molecule has 4 heteroatoms. The summed E-state index contributed by atoms with van der Waals surface area (Å²) in [6, 6.07) is 31.2. The molecule has 0 N–H and O–H groups in total. The Labute approximate surface area is 215 Å². The second-order valence-electron chi connectivity index (χ2n) is 11.2. The number of para-hydroxylation sites is 1. The number of anilines is 2. The van der Waals surface area contributed by atoms with Gasteiger partial charge in [-0.25, -0.2) is 4.79 Å². The summed E-state index contributed by atoms with van der Waals surface area (Å²) in [5.41, 5.74) is 3.87. The van der Waals surface area contributed by atoms with Crippen LogP contribution in [0.25, 0.3) is 0 Å². The van der Waals surface area contributed by atoms with Crippen molar-refractivity contribution in [3.05, 3.63) is 96.1 Å². The normalized spacial score (nSPS) is 21.8. The third kappa shape index (κ3) is 5.65. The van der Waals surface area contributed by atoms with Crippen molar-refractivity contribution in [3.63, 3.8) is 0 Å². The summed E-state index contributed by atoms with van der Waals surface area (Å²) in [7, 11) is 0. The van der Waals surface area contributed by atoms with Crippen LogP contribution < -0.4 is 4.90 Å². The summed E-state index contributed by atoms with van der Waals surface area (Å²) in [4.78, 5) is 17.8. The molecular formula is C32H38N2O2. The number of carbonyl (C=O) groups is 1. The van der Waals surface area contributed by atoms with E-state index in [0.29, 0.717) is 23.7 Å². The molecule has 2 bridgehead atoms. The monoisotopic (exact) mass is 482 g/mol. The summed E-state index contributed by atoms with van der Waals surface area (Å²) in [6.07, 6.45) is 6.02. The van der Waals surface area contributed by atoms with Gasteiger partial charge in [0.1, 0.15) is 5.60 Å². The molecule has 0 aliphatic carbocycles. The van der Waals surface area contributed by atoms with Gasteiger partial charge in [-0.1, -0.05) is 48.5 Å². The van der Waals surface area contributed by atoms with Crippen LogP contribution in [0.3, 0.4) is 0 Å². The zero-order chi connectivity index (χ0) is 25.1. The van der Waals surface area contributed by atoms with Gasteiger partial charge in [0.15, 0.2) is 0 Å². The predicted octanol–water partition coefficient (Wildman–Crippen LogP) is 7.02. The van der Waals surface area contributed by atoms with Gasteiger partial charge in [-0.3, -0.25) is 4.90 Å². The predicted molar refractivity (Wildman–Crippen MR) is 147 cm³/mol. The van der Waals surface area contributed by atoms with Crippen molar-refractivity contribution in [2.75, 3.05) is 11.4 Å². The number of rotatable bonds is 7. The highest BCUT2D eigenvalue weighted by molar-refractivity contribution is 5.90. The summed E-state index contributed by atoms with van der Waals surface area (Å²) in [6.45, 7) is 6.84. The Morgan fingerprint density at radius 1 is 0.833 bits per heavy atom. The Bertz CT molecular complexity index is 1120. The number of nitrogens with zero attached hydrogens (tertiary/aromatic N) is 2. The number of ether oxygens (including phenoxy) is 1. The lowest BCUT2D eigenvalue weighted by atomic mass is 9.94. The smallest absolute Gasteiger partial charge is 0.338 e. The van der Waals surface area contributed by atoms with E-state index in [-0.39, 0.29) is 5.97 Å². The summed E-state index contributed by atoms with van der Waals surface area (Å²) in [5, 5.41) is 0. The zero-order valence-electron chi connectivity index (χ0n) is 21.8.